The van der Waals surface area contributed by atoms with E-state index in [1.807, 2.05) is 0 Å². The van der Waals surface area contributed by atoms with E-state index in [1.54, 1.807) is 0 Å². The fraction of sp³-hybridized carbons (Fsp3) is 0.822. The molecule has 0 aliphatic carbocycles. The Bertz CT molecular complexity index is 1190. The molecule has 17 nitrogen and oxygen atoms in total. The van der Waals surface area contributed by atoms with Gasteiger partial charge in [0.25, 0.3) is 0 Å². The lowest BCUT2D eigenvalue weighted by atomic mass is 10.1. The van der Waals surface area contributed by atoms with Gasteiger partial charge < -0.3 is 61.5 Å². The molecule has 0 rings (SSSR count). The zero-order valence-electron chi connectivity index (χ0n) is 38.6. The Morgan fingerprint density at radius 3 is 0.922 bits per heavy atom. The molecule has 0 saturated carbocycles. The highest BCUT2D eigenvalue weighted by atomic mass is 31.2. The molecule has 0 aromatic rings. The van der Waals surface area contributed by atoms with E-state index in [0.29, 0.717) is 25.7 Å². The number of aliphatic hydroxyl groups is 1. The number of ether oxygens (including phenoxy) is 4. The highest BCUT2D eigenvalue weighted by Crippen LogP contribution is 2.45. The van der Waals surface area contributed by atoms with Gasteiger partial charge in [-0.15, -0.1) is 0 Å². The Balaban J connectivity index is 5.14. The van der Waals surface area contributed by atoms with Crippen LogP contribution in [-0.4, -0.2) is 96.7 Å². The minimum absolute atomic E-state index is 0.0783. The van der Waals surface area contributed by atoms with Crippen molar-refractivity contribution in [3.63, 3.8) is 0 Å². The van der Waals surface area contributed by atoms with E-state index in [-0.39, 0.29) is 25.7 Å². The summed E-state index contributed by atoms with van der Waals surface area (Å²) in [5.74, 6) is -2.27. The van der Waals surface area contributed by atoms with E-state index in [0.717, 1.165) is 128 Å². The largest absolute Gasteiger partial charge is 0.472 e. The van der Waals surface area contributed by atoms with Crippen molar-refractivity contribution in [1.82, 2.24) is 0 Å². The molecule has 19 heteroatoms. The third-order valence-electron chi connectivity index (χ3n) is 9.69. The topological polar surface area (TPSA) is 237 Å². The number of rotatable bonds is 46. The average molecular weight is 957 g/mol. The summed E-state index contributed by atoms with van der Waals surface area (Å²) in [5, 5.41) is 10.3. The molecule has 0 heterocycles. The molecule has 4 atom stereocenters. The van der Waals surface area contributed by atoms with E-state index < -0.39 is 97.5 Å². The Hall–Kier alpha value is -1.94. The van der Waals surface area contributed by atoms with Gasteiger partial charge in [-0.2, -0.15) is 25.7 Å². The van der Waals surface area contributed by atoms with Crippen LogP contribution in [0.25, 0.3) is 0 Å². The SMILES string of the molecule is [CH2-]CCCCCCCC(=O)OC[C@H](COP(=O)(O)OCC(O)COP(=O)(O)OC[C@@H](COC(=O)CCCCCCC[CH2-])OC(=O)CCCCCCC[CH2-])OC(=O)CCCCCCC[CH2-]. The zero-order valence-corrected chi connectivity index (χ0v) is 40.3. The predicted octanol–water partition coefficient (Wildman–Crippen LogP) is 9.78. The van der Waals surface area contributed by atoms with Crippen LogP contribution in [0.1, 0.15) is 180 Å². The zero-order chi connectivity index (χ0) is 47.7. The van der Waals surface area contributed by atoms with Crippen molar-refractivity contribution in [2.24, 2.45) is 0 Å². The lowest BCUT2D eigenvalue weighted by molar-refractivity contribution is -0.161. The van der Waals surface area contributed by atoms with Crippen molar-refractivity contribution < 1.29 is 80.2 Å². The first-order chi connectivity index (χ1) is 30.7. The molecular weight excluding hydrogens is 874 g/mol. The summed E-state index contributed by atoms with van der Waals surface area (Å²) in [4.78, 5) is 70.4. The third kappa shape index (κ3) is 40.3. The molecule has 2 unspecified atom stereocenters. The molecule has 0 aromatic carbocycles. The third-order valence-corrected chi connectivity index (χ3v) is 11.6. The highest BCUT2D eigenvalue weighted by molar-refractivity contribution is 7.47. The van der Waals surface area contributed by atoms with Crippen molar-refractivity contribution >= 4 is 39.5 Å². The van der Waals surface area contributed by atoms with Crippen molar-refractivity contribution in [1.29, 1.82) is 0 Å². The number of carbonyl (C=O) groups is 4. The maximum atomic E-state index is 12.7. The number of phosphoric acid groups is 2. The van der Waals surface area contributed by atoms with Gasteiger partial charge in [0.2, 0.25) is 0 Å². The van der Waals surface area contributed by atoms with E-state index in [4.69, 9.17) is 37.0 Å². The quantitative estimate of drug-likeness (QED) is 0.0169. The molecule has 0 saturated heterocycles. The van der Waals surface area contributed by atoms with E-state index in [2.05, 4.69) is 27.7 Å². The Kier molecular flexibility index (Phi) is 40.0. The summed E-state index contributed by atoms with van der Waals surface area (Å²) in [5.41, 5.74) is 0. The normalized spacial score (nSPS) is 14.8. The van der Waals surface area contributed by atoms with Crippen LogP contribution in [0.5, 0.6) is 0 Å². The molecule has 0 amide bonds. The smallest absolute Gasteiger partial charge is 0.462 e. The first kappa shape index (κ1) is 62.1. The first-order valence-electron chi connectivity index (χ1n) is 23.5. The maximum absolute atomic E-state index is 12.7. The standard InChI is InChI=1S/C45H82O17P2/c1-5-9-13-17-21-25-29-42(47)55-35-40(61-44(49)31-27-23-19-15-11-7-3)37-59-63(51,52)57-33-39(46)34-58-64(53,54)60-38-41(62-45(50)32-28-24-20-16-12-8-4)36-56-43(48)30-26-22-18-14-10-6-2/h39-41,46H,1-38H2,(H,51,52)(H,53,54)/q-4/t40-,41-/m1/s1. The van der Waals surface area contributed by atoms with Gasteiger partial charge in [-0.3, -0.25) is 37.3 Å². The second-order valence-corrected chi connectivity index (χ2v) is 18.8. The first-order valence-corrected chi connectivity index (χ1v) is 26.4. The summed E-state index contributed by atoms with van der Waals surface area (Å²) < 4.78 is 66.4. The molecular formula is C45H82O17P2-4. The van der Waals surface area contributed by atoms with Gasteiger partial charge in [0, 0.05) is 25.7 Å². The number of carbonyl (C=O) groups excluding carboxylic acids is 4. The number of hydrogen-bond donors (Lipinski definition) is 3. The molecule has 378 valence electrons. The molecule has 0 aliphatic heterocycles. The molecule has 64 heavy (non-hydrogen) atoms. The van der Waals surface area contributed by atoms with Crippen LogP contribution in [-0.2, 0) is 65.4 Å². The maximum Gasteiger partial charge on any atom is 0.472 e. The Morgan fingerprint density at radius 1 is 0.375 bits per heavy atom. The average Bonchev–Trinajstić information content (AvgIpc) is 3.26. The molecule has 0 aromatic heterocycles. The van der Waals surface area contributed by atoms with Crippen molar-refractivity contribution in [2.75, 3.05) is 39.6 Å². The highest BCUT2D eigenvalue weighted by Gasteiger charge is 2.30. The second-order valence-electron chi connectivity index (χ2n) is 15.8. The summed E-state index contributed by atoms with van der Waals surface area (Å²) in [6.07, 6.45) is 17.0. The number of hydrogen-bond acceptors (Lipinski definition) is 15. The van der Waals surface area contributed by atoms with Gasteiger partial charge in [-0.1, -0.05) is 103 Å². The van der Waals surface area contributed by atoms with Gasteiger partial charge in [-0.25, -0.2) is 9.13 Å². The minimum Gasteiger partial charge on any atom is -0.462 e. The van der Waals surface area contributed by atoms with E-state index in [9.17, 15) is 43.2 Å². The molecule has 0 bridgehead atoms. The van der Waals surface area contributed by atoms with Crippen LogP contribution in [0, 0.1) is 27.7 Å². The van der Waals surface area contributed by atoms with E-state index >= 15 is 0 Å². The van der Waals surface area contributed by atoms with Crippen LogP contribution in [0.4, 0.5) is 0 Å². The van der Waals surface area contributed by atoms with Crippen molar-refractivity contribution in [2.45, 2.75) is 198 Å². The van der Waals surface area contributed by atoms with Gasteiger partial charge in [0.1, 0.15) is 19.3 Å². The van der Waals surface area contributed by atoms with E-state index in [1.165, 1.54) is 0 Å². The number of esters is 4. The summed E-state index contributed by atoms with van der Waals surface area (Å²) >= 11 is 0. The fourth-order valence-corrected chi connectivity index (χ4v) is 7.56. The molecule has 0 radical (unpaired) electrons. The van der Waals surface area contributed by atoms with Crippen LogP contribution in [0.15, 0.2) is 0 Å². The number of aliphatic hydroxyl groups excluding tert-OH is 1. The number of unbranched alkanes of at least 4 members (excludes halogenated alkanes) is 20. The van der Waals surface area contributed by atoms with Gasteiger partial charge >= 0.3 is 39.5 Å². The van der Waals surface area contributed by atoms with Crippen LogP contribution < -0.4 is 0 Å². The van der Waals surface area contributed by atoms with Gasteiger partial charge in [0.05, 0.1) is 26.4 Å². The molecule has 0 aliphatic rings. The summed E-state index contributed by atoms with van der Waals surface area (Å²) in [6, 6.07) is 0. The molecule has 0 fully saturated rings. The fourth-order valence-electron chi connectivity index (χ4n) is 5.98. The Morgan fingerprint density at radius 2 is 0.625 bits per heavy atom. The molecule has 0 spiro atoms. The predicted molar refractivity (Wildman–Crippen MR) is 242 cm³/mol. The van der Waals surface area contributed by atoms with Crippen LogP contribution >= 0.6 is 15.6 Å². The number of phosphoric ester groups is 2. The summed E-state index contributed by atoms with van der Waals surface area (Å²) in [6.45, 7) is 11.2. The van der Waals surface area contributed by atoms with Crippen molar-refractivity contribution in [3.8, 4) is 0 Å². The monoisotopic (exact) mass is 957 g/mol. The minimum atomic E-state index is -4.92. The van der Waals surface area contributed by atoms with Crippen molar-refractivity contribution in [3.05, 3.63) is 27.7 Å². The van der Waals surface area contributed by atoms with Crippen LogP contribution in [0.3, 0.4) is 0 Å². The second kappa shape index (κ2) is 41.3. The van der Waals surface area contributed by atoms with Crippen LogP contribution in [0.2, 0.25) is 0 Å². The Labute approximate surface area is 384 Å². The van der Waals surface area contributed by atoms with Gasteiger partial charge in [-0.05, 0) is 25.7 Å². The van der Waals surface area contributed by atoms with Gasteiger partial charge in [0.15, 0.2) is 12.2 Å². The summed E-state index contributed by atoms with van der Waals surface area (Å²) in [7, 11) is -9.85. The lowest BCUT2D eigenvalue weighted by Gasteiger charge is -2.21. The lowest BCUT2D eigenvalue weighted by Crippen LogP contribution is -2.30. The molecule has 3 N–H and O–H groups in total.